The van der Waals surface area contributed by atoms with Gasteiger partial charge >= 0.3 is 0 Å². The zero-order chi connectivity index (χ0) is 14.5. The summed E-state index contributed by atoms with van der Waals surface area (Å²) in [6.07, 6.45) is 2.90. The average Bonchev–Trinajstić information content (AvgIpc) is 2.85. The van der Waals surface area contributed by atoms with Crippen molar-refractivity contribution in [1.29, 1.82) is 0 Å². The van der Waals surface area contributed by atoms with Crippen molar-refractivity contribution in [1.82, 2.24) is 5.32 Å². The van der Waals surface area contributed by atoms with Crippen molar-refractivity contribution < 1.29 is 4.42 Å². The molecule has 1 aromatic carbocycles. The SMILES string of the molecule is CC(C)Cc1ccc(-c2ccoc2CNC(C)C)cc1. The minimum Gasteiger partial charge on any atom is -0.467 e. The van der Waals surface area contributed by atoms with Gasteiger partial charge in [-0.15, -0.1) is 0 Å². The summed E-state index contributed by atoms with van der Waals surface area (Å²) in [6.45, 7) is 9.56. The first-order valence-electron chi connectivity index (χ1n) is 7.45. The van der Waals surface area contributed by atoms with Crippen molar-refractivity contribution in [2.24, 2.45) is 5.92 Å². The number of benzene rings is 1. The smallest absolute Gasteiger partial charge is 0.125 e. The third kappa shape index (κ3) is 3.97. The van der Waals surface area contributed by atoms with Crippen LogP contribution in [0.15, 0.2) is 41.0 Å². The van der Waals surface area contributed by atoms with Crippen LogP contribution in [0.25, 0.3) is 11.1 Å². The second-order valence-electron chi connectivity index (χ2n) is 6.09. The normalized spacial score (nSPS) is 11.5. The zero-order valence-corrected chi connectivity index (χ0v) is 12.9. The lowest BCUT2D eigenvalue weighted by atomic mass is 9.99. The van der Waals surface area contributed by atoms with Crippen molar-refractivity contribution >= 4 is 0 Å². The maximum Gasteiger partial charge on any atom is 0.125 e. The van der Waals surface area contributed by atoms with E-state index >= 15 is 0 Å². The molecular weight excluding hydrogens is 246 g/mol. The standard InChI is InChI=1S/C18H25NO/c1-13(2)11-15-5-7-16(8-6-15)17-9-10-20-18(17)12-19-14(3)4/h5-10,13-14,19H,11-12H2,1-4H3. The predicted octanol–water partition coefficient (Wildman–Crippen LogP) is 4.64. The van der Waals surface area contributed by atoms with E-state index in [-0.39, 0.29) is 0 Å². The molecule has 108 valence electrons. The van der Waals surface area contributed by atoms with Gasteiger partial charge in [-0.25, -0.2) is 0 Å². The lowest BCUT2D eigenvalue weighted by molar-refractivity contribution is 0.466. The summed E-state index contributed by atoms with van der Waals surface area (Å²) in [6, 6.07) is 11.4. The van der Waals surface area contributed by atoms with Crippen molar-refractivity contribution in [2.45, 2.75) is 46.7 Å². The molecule has 0 aliphatic heterocycles. The third-order valence-corrected chi connectivity index (χ3v) is 3.33. The molecule has 0 aliphatic carbocycles. The lowest BCUT2D eigenvalue weighted by Crippen LogP contribution is -2.21. The van der Waals surface area contributed by atoms with Crippen molar-refractivity contribution in [2.75, 3.05) is 0 Å². The molecule has 0 spiro atoms. The number of nitrogens with one attached hydrogen (secondary N) is 1. The summed E-state index contributed by atoms with van der Waals surface area (Å²) in [4.78, 5) is 0. The fraction of sp³-hybridized carbons (Fsp3) is 0.444. The van der Waals surface area contributed by atoms with Crippen LogP contribution in [0.2, 0.25) is 0 Å². The van der Waals surface area contributed by atoms with Gasteiger partial charge in [0.05, 0.1) is 12.8 Å². The second-order valence-corrected chi connectivity index (χ2v) is 6.09. The van der Waals surface area contributed by atoms with E-state index in [1.54, 1.807) is 6.26 Å². The topological polar surface area (TPSA) is 25.2 Å². The maximum atomic E-state index is 5.60. The van der Waals surface area contributed by atoms with Crippen LogP contribution in [0.5, 0.6) is 0 Å². The molecule has 0 saturated carbocycles. The highest BCUT2D eigenvalue weighted by atomic mass is 16.3. The molecule has 2 heteroatoms. The molecule has 1 aromatic heterocycles. The Bertz CT molecular complexity index is 523. The molecular formula is C18H25NO. The van der Waals surface area contributed by atoms with Gasteiger partial charge in [-0.2, -0.15) is 0 Å². The molecule has 1 heterocycles. The largest absolute Gasteiger partial charge is 0.467 e. The van der Waals surface area contributed by atoms with Crippen LogP contribution in [0.4, 0.5) is 0 Å². The molecule has 0 atom stereocenters. The highest BCUT2D eigenvalue weighted by Gasteiger charge is 2.09. The number of rotatable bonds is 6. The Morgan fingerprint density at radius 2 is 1.70 bits per heavy atom. The van der Waals surface area contributed by atoms with Crippen LogP contribution >= 0.6 is 0 Å². The summed E-state index contributed by atoms with van der Waals surface area (Å²) in [7, 11) is 0. The van der Waals surface area contributed by atoms with E-state index in [0.717, 1.165) is 18.7 Å². The van der Waals surface area contributed by atoms with Crippen LogP contribution in [0.1, 0.15) is 39.0 Å². The van der Waals surface area contributed by atoms with Crippen molar-refractivity contribution in [3.63, 3.8) is 0 Å². The highest BCUT2D eigenvalue weighted by Crippen LogP contribution is 2.25. The maximum absolute atomic E-state index is 5.60. The summed E-state index contributed by atoms with van der Waals surface area (Å²) < 4.78 is 5.60. The van der Waals surface area contributed by atoms with E-state index in [1.165, 1.54) is 16.7 Å². The van der Waals surface area contributed by atoms with E-state index in [0.29, 0.717) is 12.0 Å². The van der Waals surface area contributed by atoms with Gasteiger partial charge in [-0.1, -0.05) is 52.0 Å². The van der Waals surface area contributed by atoms with E-state index < -0.39 is 0 Å². The fourth-order valence-electron chi connectivity index (χ4n) is 2.32. The summed E-state index contributed by atoms with van der Waals surface area (Å²) in [5.41, 5.74) is 3.81. The van der Waals surface area contributed by atoms with Gasteiger partial charge < -0.3 is 9.73 Å². The van der Waals surface area contributed by atoms with Crippen LogP contribution in [0, 0.1) is 5.92 Å². The molecule has 0 amide bonds. The first-order valence-corrected chi connectivity index (χ1v) is 7.45. The Morgan fingerprint density at radius 1 is 1.00 bits per heavy atom. The number of hydrogen-bond acceptors (Lipinski definition) is 2. The van der Waals surface area contributed by atoms with Gasteiger partial charge in [0.25, 0.3) is 0 Å². The quantitative estimate of drug-likeness (QED) is 0.827. The molecule has 0 unspecified atom stereocenters. The van der Waals surface area contributed by atoms with Crippen LogP contribution < -0.4 is 5.32 Å². The van der Waals surface area contributed by atoms with Crippen LogP contribution in [-0.4, -0.2) is 6.04 Å². The minimum atomic E-state index is 0.460. The van der Waals surface area contributed by atoms with Crippen LogP contribution in [-0.2, 0) is 13.0 Å². The Morgan fingerprint density at radius 3 is 2.30 bits per heavy atom. The average molecular weight is 271 g/mol. The fourth-order valence-corrected chi connectivity index (χ4v) is 2.32. The number of hydrogen-bond donors (Lipinski definition) is 1. The Kier molecular flexibility index (Phi) is 5.02. The second kappa shape index (κ2) is 6.76. The first-order chi connectivity index (χ1) is 9.56. The van der Waals surface area contributed by atoms with E-state index in [9.17, 15) is 0 Å². The van der Waals surface area contributed by atoms with Gasteiger partial charge in [0.15, 0.2) is 0 Å². The molecule has 0 radical (unpaired) electrons. The van der Waals surface area contributed by atoms with Gasteiger partial charge in [0.2, 0.25) is 0 Å². The molecule has 0 bridgehead atoms. The van der Waals surface area contributed by atoms with Crippen molar-refractivity contribution in [3.8, 4) is 11.1 Å². The van der Waals surface area contributed by atoms with Crippen molar-refractivity contribution in [3.05, 3.63) is 47.9 Å². The summed E-state index contributed by atoms with van der Waals surface area (Å²) in [5.74, 6) is 1.70. The predicted molar refractivity (Wildman–Crippen MR) is 84.7 cm³/mol. The van der Waals surface area contributed by atoms with E-state index in [1.807, 2.05) is 0 Å². The van der Waals surface area contributed by atoms with Gasteiger partial charge in [0, 0.05) is 11.6 Å². The first kappa shape index (κ1) is 14.9. The van der Waals surface area contributed by atoms with Gasteiger partial charge in [-0.3, -0.25) is 0 Å². The summed E-state index contributed by atoms with van der Waals surface area (Å²) in [5, 5.41) is 3.40. The third-order valence-electron chi connectivity index (χ3n) is 3.33. The molecule has 0 saturated heterocycles. The monoisotopic (exact) mass is 271 g/mol. The Balaban J connectivity index is 2.13. The highest BCUT2D eigenvalue weighted by molar-refractivity contribution is 5.65. The van der Waals surface area contributed by atoms with Gasteiger partial charge in [0.1, 0.15) is 5.76 Å². The molecule has 20 heavy (non-hydrogen) atoms. The van der Waals surface area contributed by atoms with Gasteiger partial charge in [-0.05, 0) is 29.5 Å². The van der Waals surface area contributed by atoms with Crippen LogP contribution in [0.3, 0.4) is 0 Å². The minimum absolute atomic E-state index is 0.460. The molecule has 0 fully saturated rings. The zero-order valence-electron chi connectivity index (χ0n) is 12.9. The molecule has 2 nitrogen and oxygen atoms in total. The lowest BCUT2D eigenvalue weighted by Gasteiger charge is -2.09. The van der Waals surface area contributed by atoms with E-state index in [2.05, 4.69) is 63.3 Å². The molecule has 2 aromatic rings. The van der Waals surface area contributed by atoms with E-state index in [4.69, 9.17) is 4.42 Å². The Hall–Kier alpha value is -1.54. The Labute approximate surface area is 122 Å². The summed E-state index contributed by atoms with van der Waals surface area (Å²) >= 11 is 0. The number of furan rings is 1. The molecule has 0 aliphatic rings. The molecule has 1 N–H and O–H groups in total. The molecule has 2 rings (SSSR count).